The zero-order valence-electron chi connectivity index (χ0n) is 10.5. The normalized spacial score (nSPS) is 11.6. The smallest absolute Gasteiger partial charge is 0.102 e. The van der Waals surface area contributed by atoms with Crippen LogP contribution in [0.2, 0.25) is 5.02 Å². The van der Waals surface area contributed by atoms with Crippen molar-refractivity contribution in [1.82, 2.24) is 0 Å². The maximum absolute atomic E-state index is 9.34. The first-order valence-corrected chi connectivity index (χ1v) is 6.23. The van der Waals surface area contributed by atoms with Gasteiger partial charge in [-0.15, -0.1) is 0 Å². The molecule has 0 aliphatic carbocycles. The molecule has 0 aromatic heterocycles. The Hall–Kier alpha value is -2.24. The van der Waals surface area contributed by atoms with Crippen LogP contribution in [0.5, 0.6) is 0 Å². The van der Waals surface area contributed by atoms with Crippen molar-refractivity contribution in [1.29, 1.82) is 5.26 Å². The molecule has 0 spiro atoms. The molecular weight excluding hydrogens is 256 g/mol. The minimum absolute atomic E-state index is 0.405. The molecule has 2 aromatic rings. The number of benzene rings is 2. The first kappa shape index (κ1) is 13.2. The Morgan fingerprint density at radius 1 is 1.11 bits per heavy atom. The number of halogens is 1. The van der Waals surface area contributed by atoms with Gasteiger partial charge in [-0.05, 0) is 18.1 Å². The highest BCUT2D eigenvalue weighted by Gasteiger charge is 2.11. The van der Waals surface area contributed by atoms with Crippen LogP contribution in [0.3, 0.4) is 0 Å². The Labute approximate surface area is 117 Å². The fraction of sp³-hybridized carbons (Fsp3) is 0.0625. The van der Waals surface area contributed by atoms with E-state index >= 15 is 0 Å². The van der Waals surface area contributed by atoms with Crippen LogP contribution in [0, 0.1) is 18.3 Å². The summed E-state index contributed by atoms with van der Waals surface area (Å²) < 4.78 is 0. The van der Waals surface area contributed by atoms with Gasteiger partial charge >= 0.3 is 0 Å². The number of nitrogens with zero attached hydrogens (tertiary/aromatic N) is 1. The lowest BCUT2D eigenvalue weighted by Gasteiger charge is -2.09. The molecule has 2 nitrogen and oxygen atoms in total. The van der Waals surface area contributed by atoms with Crippen LogP contribution in [0.25, 0.3) is 11.3 Å². The SMILES string of the molecule is Cc1cccc(/C(N)=C(/C#N)c2ccccc2)c1Cl. The standard InChI is InChI=1S/C16H13ClN2/c1-11-6-5-9-13(15(11)17)16(19)14(10-18)12-7-3-2-4-8-12/h2-9H,19H2,1H3/b16-14+. The zero-order valence-corrected chi connectivity index (χ0v) is 11.3. The summed E-state index contributed by atoms with van der Waals surface area (Å²) in [6.07, 6.45) is 0. The summed E-state index contributed by atoms with van der Waals surface area (Å²) in [6, 6.07) is 17.1. The van der Waals surface area contributed by atoms with Gasteiger partial charge in [-0.3, -0.25) is 0 Å². The molecule has 0 unspecified atom stereocenters. The number of rotatable bonds is 2. The lowest BCUT2D eigenvalue weighted by atomic mass is 10.00. The van der Waals surface area contributed by atoms with E-state index in [0.717, 1.165) is 11.1 Å². The molecule has 3 heteroatoms. The number of nitriles is 1. The Kier molecular flexibility index (Phi) is 3.89. The van der Waals surface area contributed by atoms with Gasteiger partial charge in [0.2, 0.25) is 0 Å². The summed E-state index contributed by atoms with van der Waals surface area (Å²) in [5, 5.41) is 9.93. The van der Waals surface area contributed by atoms with Gasteiger partial charge in [0.05, 0.1) is 16.3 Å². The zero-order chi connectivity index (χ0) is 13.8. The van der Waals surface area contributed by atoms with E-state index in [1.807, 2.05) is 55.5 Å². The Morgan fingerprint density at radius 2 is 1.79 bits per heavy atom. The third-order valence-electron chi connectivity index (χ3n) is 2.93. The van der Waals surface area contributed by atoms with Crippen molar-refractivity contribution < 1.29 is 0 Å². The second kappa shape index (κ2) is 5.60. The van der Waals surface area contributed by atoms with Crippen molar-refractivity contribution in [3.63, 3.8) is 0 Å². The van der Waals surface area contributed by atoms with E-state index in [1.165, 1.54) is 0 Å². The highest BCUT2D eigenvalue weighted by molar-refractivity contribution is 6.33. The maximum Gasteiger partial charge on any atom is 0.102 e. The molecule has 94 valence electrons. The van der Waals surface area contributed by atoms with Crippen LogP contribution in [0.4, 0.5) is 0 Å². The third kappa shape index (κ3) is 2.62. The molecular formula is C16H13ClN2. The van der Waals surface area contributed by atoms with E-state index in [2.05, 4.69) is 6.07 Å². The van der Waals surface area contributed by atoms with Crippen LogP contribution in [0.15, 0.2) is 48.5 Å². The molecule has 0 atom stereocenters. The van der Waals surface area contributed by atoms with Gasteiger partial charge in [0.25, 0.3) is 0 Å². The minimum atomic E-state index is 0.405. The van der Waals surface area contributed by atoms with Crippen LogP contribution in [-0.4, -0.2) is 0 Å². The van der Waals surface area contributed by atoms with Crippen LogP contribution >= 0.6 is 11.6 Å². The largest absolute Gasteiger partial charge is 0.397 e. The average molecular weight is 269 g/mol. The molecule has 0 amide bonds. The predicted molar refractivity (Wildman–Crippen MR) is 79.2 cm³/mol. The predicted octanol–water partition coefficient (Wildman–Crippen LogP) is 4.00. The number of hydrogen-bond acceptors (Lipinski definition) is 2. The summed E-state index contributed by atoms with van der Waals surface area (Å²) in [6.45, 7) is 1.91. The number of aryl methyl sites for hydroxylation is 1. The molecule has 0 aliphatic heterocycles. The molecule has 0 aliphatic rings. The molecule has 0 radical (unpaired) electrons. The van der Waals surface area contributed by atoms with Gasteiger partial charge in [-0.25, -0.2) is 0 Å². The van der Waals surface area contributed by atoms with Crippen LogP contribution in [0.1, 0.15) is 16.7 Å². The number of nitrogens with two attached hydrogens (primary N) is 1. The Bertz CT molecular complexity index is 667. The monoisotopic (exact) mass is 268 g/mol. The van der Waals surface area contributed by atoms with Gasteiger partial charge in [0.15, 0.2) is 0 Å². The summed E-state index contributed by atoms with van der Waals surface area (Å²) in [7, 11) is 0. The maximum atomic E-state index is 9.34. The quantitative estimate of drug-likeness (QED) is 0.661. The summed E-state index contributed by atoms with van der Waals surface area (Å²) in [4.78, 5) is 0. The first-order chi connectivity index (χ1) is 9.15. The molecule has 0 bridgehead atoms. The minimum Gasteiger partial charge on any atom is -0.397 e. The van der Waals surface area contributed by atoms with Crippen LogP contribution in [-0.2, 0) is 0 Å². The van der Waals surface area contributed by atoms with Gasteiger partial charge in [-0.1, -0.05) is 60.1 Å². The third-order valence-corrected chi connectivity index (χ3v) is 3.43. The van der Waals surface area contributed by atoms with Gasteiger partial charge in [0, 0.05) is 5.56 Å². The lowest BCUT2D eigenvalue weighted by molar-refractivity contribution is 1.42. The van der Waals surface area contributed by atoms with Crippen molar-refractivity contribution in [2.24, 2.45) is 5.73 Å². The van der Waals surface area contributed by atoms with Gasteiger partial charge < -0.3 is 5.73 Å². The van der Waals surface area contributed by atoms with Crippen molar-refractivity contribution >= 4 is 22.9 Å². The average Bonchev–Trinajstić information content (AvgIpc) is 2.44. The van der Waals surface area contributed by atoms with Gasteiger partial charge in [-0.2, -0.15) is 5.26 Å². The molecule has 0 heterocycles. The van der Waals surface area contributed by atoms with Crippen molar-refractivity contribution in [2.45, 2.75) is 6.92 Å². The second-order valence-electron chi connectivity index (χ2n) is 4.20. The van der Waals surface area contributed by atoms with Crippen molar-refractivity contribution in [3.05, 3.63) is 70.2 Å². The molecule has 2 N–H and O–H groups in total. The molecule has 19 heavy (non-hydrogen) atoms. The van der Waals surface area contributed by atoms with Crippen molar-refractivity contribution in [2.75, 3.05) is 0 Å². The summed E-state index contributed by atoms with van der Waals surface area (Å²) in [5.74, 6) is 0. The molecule has 2 rings (SSSR count). The summed E-state index contributed by atoms with van der Waals surface area (Å²) in [5.41, 5.74) is 9.39. The van der Waals surface area contributed by atoms with E-state index in [1.54, 1.807) is 0 Å². The first-order valence-electron chi connectivity index (χ1n) is 5.86. The number of allylic oxidation sites excluding steroid dienone is 1. The van der Waals surface area contributed by atoms with Crippen molar-refractivity contribution in [3.8, 4) is 6.07 Å². The fourth-order valence-corrected chi connectivity index (χ4v) is 2.10. The highest BCUT2D eigenvalue weighted by atomic mass is 35.5. The van der Waals surface area contributed by atoms with E-state index < -0.39 is 0 Å². The molecule has 0 saturated carbocycles. The Balaban J connectivity index is 2.63. The Morgan fingerprint density at radius 3 is 2.42 bits per heavy atom. The summed E-state index contributed by atoms with van der Waals surface area (Å²) >= 11 is 6.25. The molecule has 0 fully saturated rings. The molecule has 2 aromatic carbocycles. The molecule has 0 saturated heterocycles. The van der Waals surface area contributed by atoms with E-state index in [9.17, 15) is 5.26 Å². The highest BCUT2D eigenvalue weighted by Crippen LogP contribution is 2.29. The van der Waals surface area contributed by atoms with E-state index in [0.29, 0.717) is 21.9 Å². The topological polar surface area (TPSA) is 49.8 Å². The number of hydrogen-bond donors (Lipinski definition) is 1. The van der Waals surface area contributed by atoms with Crippen LogP contribution < -0.4 is 5.73 Å². The van der Waals surface area contributed by atoms with Gasteiger partial charge in [0.1, 0.15) is 6.07 Å². The second-order valence-corrected chi connectivity index (χ2v) is 4.58. The fourth-order valence-electron chi connectivity index (χ4n) is 1.88. The lowest BCUT2D eigenvalue weighted by Crippen LogP contribution is -2.02. The van der Waals surface area contributed by atoms with E-state index in [4.69, 9.17) is 17.3 Å². The van der Waals surface area contributed by atoms with E-state index in [-0.39, 0.29) is 0 Å².